The number of aliphatic hydroxyl groups is 1. The van der Waals surface area contributed by atoms with Gasteiger partial charge in [-0.25, -0.2) is 14.3 Å². The zero-order valence-corrected chi connectivity index (χ0v) is 18.1. The third kappa shape index (κ3) is 10.4. The highest BCUT2D eigenvalue weighted by Gasteiger charge is 2.36. The van der Waals surface area contributed by atoms with Crippen molar-refractivity contribution in [2.75, 3.05) is 19.7 Å². The molecule has 0 spiro atoms. The highest BCUT2D eigenvalue weighted by Crippen LogP contribution is 2.21. The summed E-state index contributed by atoms with van der Waals surface area (Å²) in [5, 5.41) is 18.5. The van der Waals surface area contributed by atoms with E-state index in [2.05, 4.69) is 11.9 Å². The second-order valence-corrected chi connectivity index (χ2v) is 8.22. The molecule has 1 rings (SSSR count). The number of aliphatic hydroxyl groups excluding tert-OH is 1. The lowest BCUT2D eigenvalue weighted by atomic mass is 10.0. The zero-order valence-electron chi connectivity index (χ0n) is 18.1. The number of aliphatic imine (C=N–C) groups is 1. The Hall–Kier alpha value is -1.20. The summed E-state index contributed by atoms with van der Waals surface area (Å²) in [6.07, 6.45) is 22.9. The summed E-state index contributed by atoms with van der Waals surface area (Å²) in [7, 11) is 0. The van der Waals surface area contributed by atoms with Gasteiger partial charge in [0.2, 0.25) is 5.84 Å². The fourth-order valence-electron chi connectivity index (χ4n) is 4.06. The van der Waals surface area contributed by atoms with Crippen molar-refractivity contribution in [2.45, 2.75) is 103 Å². The number of rotatable bonds is 19. The SMILES string of the molecule is CCCCCCCCCCCCCCCCC1=NC=C[N+]1(CCO)CC(=O)O. The van der Waals surface area contributed by atoms with E-state index in [9.17, 15) is 15.0 Å². The van der Waals surface area contributed by atoms with Crippen molar-refractivity contribution < 1.29 is 19.5 Å². The van der Waals surface area contributed by atoms with Crippen molar-refractivity contribution in [2.24, 2.45) is 4.99 Å². The summed E-state index contributed by atoms with van der Waals surface area (Å²) in [6.45, 7) is 2.59. The van der Waals surface area contributed by atoms with Gasteiger partial charge in [0.25, 0.3) is 0 Å². The predicted molar refractivity (Wildman–Crippen MR) is 116 cm³/mol. The molecule has 0 saturated carbocycles. The second kappa shape index (κ2) is 15.7. The van der Waals surface area contributed by atoms with Gasteiger partial charge in [-0.15, -0.1) is 0 Å². The number of unbranched alkanes of at least 4 members (excludes halogenated alkanes) is 13. The fourth-order valence-corrected chi connectivity index (χ4v) is 4.06. The van der Waals surface area contributed by atoms with Crippen LogP contribution in [0, 0.1) is 0 Å². The molecule has 2 N–H and O–H groups in total. The van der Waals surface area contributed by atoms with E-state index < -0.39 is 5.97 Å². The third-order valence-corrected chi connectivity index (χ3v) is 5.76. The third-order valence-electron chi connectivity index (χ3n) is 5.76. The van der Waals surface area contributed by atoms with Crippen LogP contribution in [-0.4, -0.2) is 46.2 Å². The summed E-state index contributed by atoms with van der Waals surface area (Å²) < 4.78 is 0.185. The molecule has 5 nitrogen and oxygen atoms in total. The maximum atomic E-state index is 11.2. The quantitative estimate of drug-likeness (QED) is 0.220. The number of aliphatic carboxylic acids is 1. The highest BCUT2D eigenvalue weighted by atomic mass is 16.4. The van der Waals surface area contributed by atoms with Crippen LogP contribution in [0.5, 0.6) is 0 Å². The predicted octanol–water partition coefficient (Wildman–Crippen LogP) is 5.63. The van der Waals surface area contributed by atoms with Crippen LogP contribution in [0.3, 0.4) is 0 Å². The molecule has 1 atom stereocenters. The summed E-state index contributed by atoms with van der Waals surface area (Å²) in [5.74, 6) is 0.0315. The second-order valence-electron chi connectivity index (χ2n) is 8.22. The summed E-state index contributed by atoms with van der Waals surface area (Å²) in [4.78, 5) is 15.6. The van der Waals surface area contributed by atoms with Crippen LogP contribution in [-0.2, 0) is 4.79 Å². The van der Waals surface area contributed by atoms with Crippen molar-refractivity contribution in [3.63, 3.8) is 0 Å². The molecule has 1 unspecified atom stereocenters. The fraction of sp³-hybridized carbons (Fsp3) is 0.826. The molecule has 0 fully saturated rings. The van der Waals surface area contributed by atoms with Crippen molar-refractivity contribution in [3.8, 4) is 0 Å². The molecule has 0 radical (unpaired) electrons. The molecule has 0 aromatic carbocycles. The van der Waals surface area contributed by atoms with E-state index in [1.165, 1.54) is 83.5 Å². The topological polar surface area (TPSA) is 69.9 Å². The minimum Gasteiger partial charge on any atom is -0.477 e. The molecule has 0 amide bonds. The van der Waals surface area contributed by atoms with Crippen molar-refractivity contribution in [1.82, 2.24) is 0 Å². The lowest BCUT2D eigenvalue weighted by Gasteiger charge is -2.30. The maximum absolute atomic E-state index is 11.2. The molecular weight excluding hydrogens is 352 g/mol. The number of hydrogen-bond donors (Lipinski definition) is 2. The molecular formula is C23H43N2O3+. The van der Waals surface area contributed by atoms with E-state index in [4.69, 9.17) is 0 Å². The first-order valence-corrected chi connectivity index (χ1v) is 11.6. The average molecular weight is 396 g/mol. The molecule has 0 aliphatic carbocycles. The van der Waals surface area contributed by atoms with Crippen molar-refractivity contribution in [3.05, 3.63) is 12.4 Å². The molecule has 28 heavy (non-hydrogen) atoms. The normalized spacial score (nSPS) is 18.6. The minimum atomic E-state index is -0.853. The minimum absolute atomic E-state index is 0.0324. The van der Waals surface area contributed by atoms with Gasteiger partial charge < -0.3 is 10.2 Å². The number of amidine groups is 1. The van der Waals surface area contributed by atoms with Gasteiger partial charge in [0, 0.05) is 6.42 Å². The van der Waals surface area contributed by atoms with Crippen LogP contribution >= 0.6 is 0 Å². The maximum Gasteiger partial charge on any atom is 0.360 e. The van der Waals surface area contributed by atoms with Crippen LogP contribution in [0.4, 0.5) is 0 Å². The smallest absolute Gasteiger partial charge is 0.360 e. The molecule has 0 saturated heterocycles. The van der Waals surface area contributed by atoms with Crippen molar-refractivity contribution >= 4 is 11.8 Å². The monoisotopic (exact) mass is 395 g/mol. The van der Waals surface area contributed by atoms with Gasteiger partial charge in [-0.05, 0) is 6.42 Å². The first-order valence-electron chi connectivity index (χ1n) is 11.6. The Morgan fingerprint density at radius 2 is 1.39 bits per heavy atom. The van der Waals surface area contributed by atoms with E-state index in [1.54, 1.807) is 6.20 Å². The van der Waals surface area contributed by atoms with Gasteiger partial charge >= 0.3 is 5.97 Å². The summed E-state index contributed by atoms with van der Waals surface area (Å²) >= 11 is 0. The van der Waals surface area contributed by atoms with Gasteiger partial charge in [0.1, 0.15) is 12.7 Å². The summed E-state index contributed by atoms with van der Waals surface area (Å²) in [6, 6.07) is 0. The van der Waals surface area contributed by atoms with E-state index in [0.29, 0.717) is 6.54 Å². The Bertz CT molecular complexity index is 476. The molecule has 1 heterocycles. The van der Waals surface area contributed by atoms with E-state index in [0.717, 1.165) is 18.7 Å². The van der Waals surface area contributed by atoms with Gasteiger partial charge in [0.15, 0.2) is 6.54 Å². The van der Waals surface area contributed by atoms with E-state index in [1.807, 2.05) is 6.20 Å². The van der Waals surface area contributed by atoms with Crippen LogP contribution in [0.2, 0.25) is 0 Å². The lowest BCUT2D eigenvalue weighted by molar-refractivity contribution is -0.780. The van der Waals surface area contributed by atoms with E-state index >= 15 is 0 Å². The Morgan fingerprint density at radius 1 is 0.893 bits per heavy atom. The zero-order chi connectivity index (χ0) is 20.5. The Labute approximate surface area is 172 Å². The Balaban J connectivity index is 2.01. The first-order chi connectivity index (χ1) is 13.6. The molecule has 0 aromatic rings. The van der Waals surface area contributed by atoms with Gasteiger partial charge in [0.05, 0.1) is 12.8 Å². The average Bonchev–Trinajstić information content (AvgIpc) is 3.03. The van der Waals surface area contributed by atoms with Crippen LogP contribution < -0.4 is 0 Å². The number of carboxylic acid groups (broad SMARTS) is 1. The van der Waals surface area contributed by atoms with Crippen LogP contribution in [0.1, 0.15) is 103 Å². The molecule has 1 aliphatic rings. The van der Waals surface area contributed by atoms with Crippen LogP contribution in [0.15, 0.2) is 17.4 Å². The molecule has 5 heteroatoms. The number of carboxylic acids is 1. The molecule has 0 aromatic heterocycles. The summed E-state index contributed by atoms with van der Waals surface area (Å²) in [5.41, 5.74) is 0. The number of hydrogen-bond acceptors (Lipinski definition) is 3. The van der Waals surface area contributed by atoms with Crippen LogP contribution in [0.25, 0.3) is 0 Å². The molecule has 1 aliphatic heterocycles. The largest absolute Gasteiger partial charge is 0.477 e. The first kappa shape index (κ1) is 24.8. The van der Waals surface area contributed by atoms with E-state index in [-0.39, 0.29) is 17.6 Å². The number of nitrogens with zero attached hydrogens (tertiary/aromatic N) is 2. The number of carbonyl (C=O) groups is 1. The highest BCUT2D eigenvalue weighted by molar-refractivity contribution is 5.81. The van der Waals surface area contributed by atoms with Crippen molar-refractivity contribution in [1.29, 1.82) is 0 Å². The van der Waals surface area contributed by atoms with Gasteiger partial charge in [-0.1, -0.05) is 90.4 Å². The standard InChI is InChI=1S/C23H42N2O3/c1-2-3-4-5-6-7-8-9-10-11-12-13-14-15-16-22-24-17-18-25(22,19-20-26)21-23(27)28/h17-18,26H,2-16,19-21H2,1H3/p+1. The molecule has 162 valence electrons. The molecule has 0 bridgehead atoms. The van der Waals surface area contributed by atoms with Gasteiger partial charge in [-0.3, -0.25) is 0 Å². The van der Waals surface area contributed by atoms with Gasteiger partial charge in [-0.2, -0.15) is 0 Å². The Kier molecular flexibility index (Phi) is 13.9. The number of quaternary nitrogens is 1. The lowest BCUT2D eigenvalue weighted by Crippen LogP contribution is -2.51. The Morgan fingerprint density at radius 3 is 1.86 bits per heavy atom.